The zero-order chi connectivity index (χ0) is 14.5. The van der Waals surface area contributed by atoms with Crippen molar-refractivity contribution in [2.45, 2.75) is 6.61 Å². The molecule has 2 aromatic carbocycles. The van der Waals surface area contributed by atoms with Crippen LogP contribution in [0.1, 0.15) is 11.1 Å². The molecule has 6 heteroatoms. The number of amidine groups is 1. The molecule has 0 heterocycles. The lowest BCUT2D eigenvalue weighted by molar-refractivity contribution is 0.299. The molecule has 0 saturated heterocycles. The fourth-order valence-corrected chi connectivity index (χ4v) is 1.81. The van der Waals surface area contributed by atoms with E-state index in [1.807, 2.05) is 0 Å². The number of rotatable bonds is 4. The van der Waals surface area contributed by atoms with Crippen molar-refractivity contribution in [2.75, 3.05) is 0 Å². The topological polar surface area (TPSA) is 67.8 Å². The largest absolute Gasteiger partial charge is 0.489 e. The zero-order valence-corrected chi connectivity index (χ0v) is 11.1. The summed E-state index contributed by atoms with van der Waals surface area (Å²) in [6.45, 7) is 0.0337. The zero-order valence-electron chi connectivity index (χ0n) is 10.4. The molecule has 20 heavy (non-hydrogen) atoms. The van der Waals surface area contributed by atoms with Gasteiger partial charge in [-0.3, -0.25) is 0 Å². The summed E-state index contributed by atoms with van der Waals surface area (Å²) in [7, 11) is 0. The van der Waals surface area contributed by atoms with Gasteiger partial charge in [0.2, 0.25) is 0 Å². The van der Waals surface area contributed by atoms with E-state index in [0.29, 0.717) is 21.9 Å². The van der Waals surface area contributed by atoms with Gasteiger partial charge in [0, 0.05) is 16.1 Å². The highest BCUT2D eigenvalue weighted by Gasteiger charge is 2.05. The Hall–Kier alpha value is -2.27. The van der Waals surface area contributed by atoms with Crippen LogP contribution in [0.25, 0.3) is 0 Å². The van der Waals surface area contributed by atoms with E-state index in [4.69, 9.17) is 27.3 Å². The lowest BCUT2D eigenvalue weighted by Gasteiger charge is -2.08. The van der Waals surface area contributed by atoms with E-state index in [1.54, 1.807) is 24.3 Å². The summed E-state index contributed by atoms with van der Waals surface area (Å²) in [6.07, 6.45) is 0. The molecule has 0 unspecified atom stereocenters. The van der Waals surface area contributed by atoms with Gasteiger partial charge in [0.25, 0.3) is 0 Å². The molecular weight excluding hydrogens is 283 g/mol. The quantitative estimate of drug-likeness (QED) is 0.394. The average Bonchev–Trinajstić information content (AvgIpc) is 2.47. The van der Waals surface area contributed by atoms with Crippen LogP contribution in [0, 0.1) is 5.82 Å². The van der Waals surface area contributed by atoms with Crippen molar-refractivity contribution in [1.82, 2.24) is 0 Å². The molecule has 3 N–H and O–H groups in total. The summed E-state index contributed by atoms with van der Waals surface area (Å²) in [4.78, 5) is 0. The maximum absolute atomic E-state index is 13.5. The fraction of sp³-hybridized carbons (Fsp3) is 0.0714. The molecule has 0 aromatic heterocycles. The van der Waals surface area contributed by atoms with Gasteiger partial charge < -0.3 is 15.7 Å². The molecule has 2 aromatic rings. The third-order valence-electron chi connectivity index (χ3n) is 2.64. The van der Waals surface area contributed by atoms with E-state index in [0.717, 1.165) is 0 Å². The minimum Gasteiger partial charge on any atom is -0.489 e. The van der Waals surface area contributed by atoms with Gasteiger partial charge in [0.05, 0.1) is 0 Å². The molecule has 2 rings (SSSR count). The molecule has 104 valence electrons. The van der Waals surface area contributed by atoms with Crippen LogP contribution in [-0.2, 0) is 6.61 Å². The van der Waals surface area contributed by atoms with Crippen LogP contribution in [0.2, 0.25) is 5.02 Å². The first-order valence-electron chi connectivity index (χ1n) is 5.75. The maximum atomic E-state index is 13.5. The predicted molar refractivity (Wildman–Crippen MR) is 74.7 cm³/mol. The van der Waals surface area contributed by atoms with Gasteiger partial charge in [-0.2, -0.15) is 0 Å². The fourth-order valence-electron chi connectivity index (χ4n) is 1.62. The molecular formula is C14H12ClFN2O2. The van der Waals surface area contributed by atoms with Gasteiger partial charge in [0.15, 0.2) is 5.84 Å². The second-order valence-electron chi connectivity index (χ2n) is 4.04. The number of hydrogen-bond donors (Lipinski definition) is 2. The highest BCUT2D eigenvalue weighted by Crippen LogP contribution is 2.19. The third kappa shape index (κ3) is 3.39. The van der Waals surface area contributed by atoms with Crippen LogP contribution < -0.4 is 10.5 Å². The molecule has 0 saturated carbocycles. The Bertz CT molecular complexity index is 647. The van der Waals surface area contributed by atoms with E-state index in [2.05, 4.69) is 5.16 Å². The normalized spacial score (nSPS) is 11.4. The SMILES string of the molecule is N/C(=N/O)c1cccc(OCc2cc(Cl)ccc2F)c1. The second kappa shape index (κ2) is 6.25. The Balaban J connectivity index is 2.13. The highest BCUT2D eigenvalue weighted by molar-refractivity contribution is 6.30. The molecule has 0 aliphatic carbocycles. The maximum Gasteiger partial charge on any atom is 0.170 e. The Morgan fingerprint density at radius 3 is 2.85 bits per heavy atom. The number of benzene rings is 2. The van der Waals surface area contributed by atoms with Crippen LogP contribution in [-0.4, -0.2) is 11.0 Å². The molecule has 0 aliphatic rings. The van der Waals surface area contributed by atoms with Crippen molar-refractivity contribution in [1.29, 1.82) is 0 Å². The van der Waals surface area contributed by atoms with Crippen LogP contribution in [0.3, 0.4) is 0 Å². The Morgan fingerprint density at radius 2 is 2.10 bits per heavy atom. The van der Waals surface area contributed by atoms with Gasteiger partial charge in [-0.1, -0.05) is 28.9 Å². The predicted octanol–water partition coefficient (Wildman–Crippen LogP) is 3.15. The number of nitrogens with two attached hydrogens (primary N) is 1. The summed E-state index contributed by atoms with van der Waals surface area (Å²) in [6, 6.07) is 10.9. The molecule has 0 amide bonds. The van der Waals surface area contributed by atoms with Crippen molar-refractivity contribution < 1.29 is 14.3 Å². The molecule has 0 aliphatic heterocycles. The summed E-state index contributed by atoms with van der Waals surface area (Å²) in [5.41, 5.74) is 6.35. The van der Waals surface area contributed by atoms with Crippen LogP contribution in [0.15, 0.2) is 47.6 Å². The van der Waals surface area contributed by atoms with Crippen molar-refractivity contribution in [3.05, 3.63) is 64.4 Å². The number of ether oxygens (including phenoxy) is 1. The molecule has 4 nitrogen and oxygen atoms in total. The van der Waals surface area contributed by atoms with E-state index in [1.165, 1.54) is 18.2 Å². The lowest BCUT2D eigenvalue weighted by Crippen LogP contribution is -2.13. The first kappa shape index (κ1) is 14.1. The minimum absolute atomic E-state index is 0.0237. The lowest BCUT2D eigenvalue weighted by atomic mass is 10.2. The monoisotopic (exact) mass is 294 g/mol. The summed E-state index contributed by atoms with van der Waals surface area (Å²) in [5.74, 6) is 0.0693. The van der Waals surface area contributed by atoms with E-state index in [9.17, 15) is 4.39 Å². The Kier molecular flexibility index (Phi) is 4.42. The van der Waals surface area contributed by atoms with Crippen molar-refractivity contribution in [3.63, 3.8) is 0 Å². The van der Waals surface area contributed by atoms with E-state index in [-0.39, 0.29) is 18.3 Å². The van der Waals surface area contributed by atoms with E-state index < -0.39 is 0 Å². The van der Waals surface area contributed by atoms with Crippen LogP contribution in [0.4, 0.5) is 4.39 Å². The molecule has 0 fully saturated rings. The van der Waals surface area contributed by atoms with E-state index >= 15 is 0 Å². The number of nitrogens with zero attached hydrogens (tertiary/aromatic N) is 1. The third-order valence-corrected chi connectivity index (χ3v) is 2.87. The standard InChI is InChI=1S/C14H12ClFN2O2/c15-11-4-5-13(16)10(6-11)8-20-12-3-1-2-9(7-12)14(17)18-19/h1-7,19H,8H2,(H2,17,18). The van der Waals surface area contributed by atoms with Crippen molar-refractivity contribution >= 4 is 17.4 Å². The number of hydrogen-bond acceptors (Lipinski definition) is 3. The number of oxime groups is 1. The first-order valence-corrected chi connectivity index (χ1v) is 6.12. The van der Waals surface area contributed by atoms with Gasteiger partial charge in [-0.25, -0.2) is 4.39 Å². The highest BCUT2D eigenvalue weighted by atomic mass is 35.5. The van der Waals surface area contributed by atoms with Crippen LogP contribution in [0.5, 0.6) is 5.75 Å². The first-order chi connectivity index (χ1) is 9.60. The molecule has 0 atom stereocenters. The Morgan fingerprint density at radius 1 is 1.30 bits per heavy atom. The molecule has 0 bridgehead atoms. The van der Waals surface area contributed by atoms with Gasteiger partial charge in [-0.15, -0.1) is 0 Å². The van der Waals surface area contributed by atoms with Crippen molar-refractivity contribution in [3.8, 4) is 5.75 Å². The average molecular weight is 295 g/mol. The summed E-state index contributed by atoms with van der Waals surface area (Å²) < 4.78 is 19.0. The summed E-state index contributed by atoms with van der Waals surface area (Å²) >= 11 is 5.80. The van der Waals surface area contributed by atoms with Gasteiger partial charge in [-0.05, 0) is 30.3 Å². The second-order valence-corrected chi connectivity index (χ2v) is 4.47. The Labute approximate surface area is 120 Å². The van der Waals surface area contributed by atoms with Gasteiger partial charge >= 0.3 is 0 Å². The van der Waals surface area contributed by atoms with Gasteiger partial charge in [0.1, 0.15) is 18.2 Å². The van der Waals surface area contributed by atoms with Crippen LogP contribution >= 0.6 is 11.6 Å². The van der Waals surface area contributed by atoms with Crippen molar-refractivity contribution in [2.24, 2.45) is 10.9 Å². The summed E-state index contributed by atoms with van der Waals surface area (Å²) in [5, 5.41) is 12.0. The molecule has 0 spiro atoms. The smallest absolute Gasteiger partial charge is 0.170 e. The number of halogens is 2. The minimum atomic E-state index is -0.387. The molecule has 0 radical (unpaired) electrons.